The summed E-state index contributed by atoms with van der Waals surface area (Å²) >= 11 is 6.06. The molecule has 20 heavy (non-hydrogen) atoms. The van der Waals surface area contributed by atoms with E-state index < -0.39 is 0 Å². The van der Waals surface area contributed by atoms with Crippen LogP contribution in [0, 0.1) is 5.92 Å². The predicted molar refractivity (Wildman–Crippen MR) is 81.0 cm³/mol. The molecular weight excluding hydrogens is 276 g/mol. The van der Waals surface area contributed by atoms with Gasteiger partial charge in [-0.1, -0.05) is 24.4 Å². The van der Waals surface area contributed by atoms with Crippen LogP contribution in [-0.2, 0) is 9.59 Å². The number of nitrogens with one attached hydrogen (secondary N) is 2. The molecule has 1 aliphatic rings. The largest absolute Gasteiger partial charge is 0.326 e. The summed E-state index contributed by atoms with van der Waals surface area (Å²) in [5, 5.41) is 5.90. The van der Waals surface area contributed by atoms with Crippen LogP contribution < -0.4 is 10.6 Å². The third kappa shape index (κ3) is 4.23. The quantitative estimate of drug-likeness (QED) is 0.887. The highest BCUT2D eigenvalue weighted by Gasteiger charge is 2.18. The second-order valence-electron chi connectivity index (χ2n) is 5.28. The highest BCUT2D eigenvalue weighted by molar-refractivity contribution is 6.34. The van der Waals surface area contributed by atoms with Crippen LogP contribution in [0.3, 0.4) is 0 Å². The fraction of sp³-hybridized carbons (Fsp3) is 0.467. The van der Waals surface area contributed by atoms with Crippen molar-refractivity contribution in [3.63, 3.8) is 0 Å². The number of carbonyl (C=O) groups is 2. The van der Waals surface area contributed by atoms with Gasteiger partial charge in [-0.15, -0.1) is 0 Å². The van der Waals surface area contributed by atoms with E-state index in [4.69, 9.17) is 11.6 Å². The van der Waals surface area contributed by atoms with Gasteiger partial charge in [-0.25, -0.2) is 0 Å². The minimum absolute atomic E-state index is 0.0280. The number of hydrogen-bond acceptors (Lipinski definition) is 2. The lowest BCUT2D eigenvalue weighted by molar-refractivity contribution is -0.117. The van der Waals surface area contributed by atoms with Crippen LogP contribution in [0.15, 0.2) is 18.2 Å². The van der Waals surface area contributed by atoms with E-state index in [0.717, 1.165) is 12.8 Å². The Balaban J connectivity index is 1.93. The Morgan fingerprint density at radius 2 is 1.95 bits per heavy atom. The Labute approximate surface area is 123 Å². The van der Waals surface area contributed by atoms with Crippen LogP contribution in [-0.4, -0.2) is 11.8 Å². The molecule has 108 valence electrons. The molecule has 1 aliphatic carbocycles. The van der Waals surface area contributed by atoms with Crippen molar-refractivity contribution in [3.05, 3.63) is 23.2 Å². The third-order valence-corrected chi connectivity index (χ3v) is 3.83. The van der Waals surface area contributed by atoms with Crippen molar-refractivity contribution in [1.82, 2.24) is 0 Å². The van der Waals surface area contributed by atoms with Crippen molar-refractivity contribution in [2.75, 3.05) is 10.6 Å². The summed E-state index contributed by atoms with van der Waals surface area (Å²) in [5.41, 5.74) is 1.21. The van der Waals surface area contributed by atoms with Crippen LogP contribution in [0.5, 0.6) is 0 Å². The minimum atomic E-state index is -0.176. The van der Waals surface area contributed by atoms with Crippen LogP contribution in [0.4, 0.5) is 11.4 Å². The van der Waals surface area contributed by atoms with Crippen molar-refractivity contribution >= 4 is 34.8 Å². The average molecular weight is 295 g/mol. The molecule has 0 radical (unpaired) electrons. The Morgan fingerprint density at radius 3 is 2.55 bits per heavy atom. The lowest BCUT2D eigenvalue weighted by Crippen LogP contribution is -2.15. The monoisotopic (exact) mass is 294 g/mol. The van der Waals surface area contributed by atoms with Crippen LogP contribution in [0.2, 0.25) is 5.02 Å². The first-order valence-electron chi connectivity index (χ1n) is 6.91. The summed E-state index contributed by atoms with van der Waals surface area (Å²) in [6, 6.07) is 5.08. The van der Waals surface area contributed by atoms with Gasteiger partial charge in [0.05, 0.1) is 10.7 Å². The number of hydrogen-bond donors (Lipinski definition) is 2. The molecule has 0 saturated heterocycles. The zero-order valence-corrected chi connectivity index (χ0v) is 12.3. The topological polar surface area (TPSA) is 58.2 Å². The predicted octanol–water partition coefficient (Wildman–Crippen LogP) is 3.82. The summed E-state index contributed by atoms with van der Waals surface area (Å²) in [5.74, 6) is 0.370. The smallest absolute Gasteiger partial charge is 0.224 e. The Bertz CT molecular complexity index is 511. The van der Waals surface area contributed by atoms with E-state index in [1.165, 1.54) is 19.8 Å². The number of rotatable bonds is 4. The molecule has 0 atom stereocenters. The van der Waals surface area contributed by atoms with E-state index >= 15 is 0 Å². The van der Waals surface area contributed by atoms with Crippen molar-refractivity contribution in [1.29, 1.82) is 0 Å². The van der Waals surface area contributed by atoms with E-state index in [0.29, 0.717) is 28.7 Å². The second-order valence-corrected chi connectivity index (χ2v) is 5.69. The lowest BCUT2D eigenvalue weighted by Gasteiger charge is -2.11. The zero-order chi connectivity index (χ0) is 14.5. The summed E-state index contributed by atoms with van der Waals surface area (Å²) in [6.45, 7) is 1.42. The minimum Gasteiger partial charge on any atom is -0.326 e. The summed E-state index contributed by atoms with van der Waals surface area (Å²) < 4.78 is 0. The number of carbonyl (C=O) groups excluding carboxylic acids is 2. The summed E-state index contributed by atoms with van der Waals surface area (Å²) in [7, 11) is 0. The molecule has 0 unspecified atom stereocenters. The molecule has 1 fully saturated rings. The SMILES string of the molecule is CC(=O)Nc1ccc(NC(=O)CC2CCCC2)cc1Cl. The van der Waals surface area contributed by atoms with Gasteiger partial charge in [0, 0.05) is 19.0 Å². The molecule has 5 heteroatoms. The molecule has 0 aliphatic heterocycles. The Kier molecular flexibility index (Phi) is 5.01. The first-order valence-corrected chi connectivity index (χ1v) is 7.29. The number of amides is 2. The van der Waals surface area contributed by atoms with Gasteiger partial charge in [0.1, 0.15) is 0 Å². The van der Waals surface area contributed by atoms with E-state index in [9.17, 15) is 9.59 Å². The average Bonchev–Trinajstić information content (AvgIpc) is 2.85. The number of anilines is 2. The molecule has 2 rings (SSSR count). The van der Waals surface area contributed by atoms with Crippen LogP contribution in [0.1, 0.15) is 39.0 Å². The maximum absolute atomic E-state index is 11.9. The van der Waals surface area contributed by atoms with Gasteiger partial charge in [0.15, 0.2) is 0 Å². The fourth-order valence-corrected chi connectivity index (χ4v) is 2.80. The standard InChI is InChI=1S/C15H19ClN2O2/c1-10(19)17-14-7-6-12(9-13(14)16)18-15(20)8-11-4-2-3-5-11/h6-7,9,11H,2-5,8H2,1H3,(H,17,19)(H,18,20). The van der Waals surface area contributed by atoms with Gasteiger partial charge < -0.3 is 10.6 Å². The second kappa shape index (κ2) is 6.75. The first kappa shape index (κ1) is 14.9. The molecule has 0 aromatic heterocycles. The molecule has 1 saturated carbocycles. The fourth-order valence-electron chi connectivity index (χ4n) is 2.57. The molecule has 4 nitrogen and oxygen atoms in total. The van der Waals surface area contributed by atoms with Gasteiger partial charge in [0.2, 0.25) is 11.8 Å². The van der Waals surface area contributed by atoms with Crippen molar-refractivity contribution in [2.45, 2.75) is 39.0 Å². The highest BCUT2D eigenvalue weighted by atomic mass is 35.5. The maximum Gasteiger partial charge on any atom is 0.224 e. The molecule has 2 amide bonds. The van der Waals surface area contributed by atoms with E-state index in [2.05, 4.69) is 10.6 Å². The first-order chi connectivity index (χ1) is 9.54. The van der Waals surface area contributed by atoms with Crippen LogP contribution in [0.25, 0.3) is 0 Å². The Hall–Kier alpha value is -1.55. The van der Waals surface area contributed by atoms with Gasteiger partial charge in [-0.05, 0) is 37.0 Å². The number of halogens is 1. The maximum atomic E-state index is 11.9. The van der Waals surface area contributed by atoms with Gasteiger partial charge >= 0.3 is 0 Å². The van der Waals surface area contributed by atoms with Crippen molar-refractivity contribution < 1.29 is 9.59 Å². The Morgan fingerprint density at radius 1 is 1.25 bits per heavy atom. The van der Waals surface area contributed by atoms with E-state index in [-0.39, 0.29) is 11.8 Å². The van der Waals surface area contributed by atoms with Gasteiger partial charge in [-0.2, -0.15) is 0 Å². The molecule has 1 aromatic carbocycles. The molecule has 0 bridgehead atoms. The molecule has 0 heterocycles. The molecule has 1 aromatic rings. The van der Waals surface area contributed by atoms with E-state index in [1.807, 2.05) is 0 Å². The van der Waals surface area contributed by atoms with Gasteiger partial charge in [0.25, 0.3) is 0 Å². The third-order valence-electron chi connectivity index (χ3n) is 3.51. The molecule has 2 N–H and O–H groups in total. The van der Waals surface area contributed by atoms with E-state index in [1.54, 1.807) is 18.2 Å². The van der Waals surface area contributed by atoms with Gasteiger partial charge in [-0.3, -0.25) is 9.59 Å². The number of benzene rings is 1. The van der Waals surface area contributed by atoms with Crippen molar-refractivity contribution in [2.24, 2.45) is 5.92 Å². The van der Waals surface area contributed by atoms with Crippen molar-refractivity contribution in [3.8, 4) is 0 Å². The summed E-state index contributed by atoms with van der Waals surface area (Å²) in [6.07, 6.45) is 5.33. The zero-order valence-electron chi connectivity index (χ0n) is 11.5. The normalized spacial score (nSPS) is 15.1. The summed E-state index contributed by atoms with van der Waals surface area (Å²) in [4.78, 5) is 22.9. The lowest BCUT2D eigenvalue weighted by atomic mass is 10.0. The molecule has 0 spiro atoms. The van der Waals surface area contributed by atoms with Crippen LogP contribution >= 0.6 is 11.6 Å². The molecular formula is C15H19ClN2O2. The highest BCUT2D eigenvalue weighted by Crippen LogP contribution is 2.29.